The minimum atomic E-state index is -1.49. The van der Waals surface area contributed by atoms with Crippen molar-refractivity contribution >= 4 is 12.1 Å². The van der Waals surface area contributed by atoms with Gasteiger partial charge in [0.05, 0.1) is 36.4 Å². The zero-order chi connectivity index (χ0) is 35.6. The van der Waals surface area contributed by atoms with Crippen LogP contribution in [0.5, 0.6) is 0 Å². The van der Waals surface area contributed by atoms with E-state index in [1.807, 2.05) is 34.7 Å². The van der Waals surface area contributed by atoms with Gasteiger partial charge in [0.2, 0.25) is 0 Å². The van der Waals surface area contributed by atoms with Gasteiger partial charge in [-0.05, 0) is 58.7 Å². The summed E-state index contributed by atoms with van der Waals surface area (Å²) in [6, 6.07) is 0. The van der Waals surface area contributed by atoms with Crippen molar-refractivity contribution in [1.82, 2.24) is 15.1 Å². The Kier molecular flexibility index (Phi) is 15.1. The number of aliphatic hydroxyl groups excluding tert-OH is 2. The molecule has 3 heterocycles. The van der Waals surface area contributed by atoms with Crippen LogP contribution in [0.15, 0.2) is 36.0 Å². The fourth-order valence-corrected chi connectivity index (χ4v) is 6.41. The molecule has 3 aliphatic rings. The Bertz CT molecular complexity index is 1130. The lowest BCUT2D eigenvalue weighted by atomic mass is 9.88. The number of hydrogen-bond donors (Lipinski definition) is 5. The second-order valence-electron chi connectivity index (χ2n) is 14.4. The van der Waals surface area contributed by atoms with E-state index in [1.54, 1.807) is 49.1 Å². The van der Waals surface area contributed by atoms with Gasteiger partial charge in [-0.15, -0.1) is 0 Å². The van der Waals surface area contributed by atoms with E-state index in [2.05, 4.69) is 10.2 Å². The zero-order valence-electron chi connectivity index (χ0n) is 30.0. The molecule has 3 rings (SSSR count). The van der Waals surface area contributed by atoms with Crippen LogP contribution in [0.4, 0.5) is 4.79 Å². The van der Waals surface area contributed by atoms with Crippen LogP contribution in [0.2, 0.25) is 0 Å². The number of carbonyl (C=O) groups is 2. The van der Waals surface area contributed by atoms with E-state index in [1.165, 1.54) is 0 Å². The lowest BCUT2D eigenvalue weighted by molar-refractivity contribution is -0.151. The van der Waals surface area contributed by atoms with Crippen molar-refractivity contribution in [2.75, 3.05) is 46.3 Å². The SMILES string of the molecule is CC[C@H](O)[C@@H](C)[C@H]1O[C@@H]1CC(C)(O)/C=C/C=C(\C)[C@H]1OC(=O)C[C@H](O)CC[C@@](C)(O)[C@@H](OC(=O)N2CCN(CCNC)CC2)/C=C/[C@@H]1C. The lowest BCUT2D eigenvalue weighted by Crippen LogP contribution is -2.52. The van der Waals surface area contributed by atoms with Gasteiger partial charge in [-0.3, -0.25) is 9.69 Å². The molecule has 2 saturated heterocycles. The molecule has 12 nitrogen and oxygen atoms in total. The van der Waals surface area contributed by atoms with E-state index in [0.717, 1.165) is 26.2 Å². The van der Waals surface area contributed by atoms with Crippen LogP contribution in [0.1, 0.15) is 73.6 Å². The van der Waals surface area contributed by atoms with Crippen LogP contribution in [-0.4, -0.2) is 136 Å². The Labute approximate surface area is 286 Å². The second-order valence-corrected chi connectivity index (χ2v) is 14.4. The Morgan fingerprint density at radius 1 is 1.27 bits per heavy atom. The first-order valence-corrected chi connectivity index (χ1v) is 17.6. The number of amides is 1. The van der Waals surface area contributed by atoms with Crippen molar-refractivity contribution in [1.29, 1.82) is 0 Å². The number of esters is 1. The van der Waals surface area contributed by atoms with E-state index < -0.39 is 47.7 Å². The number of aliphatic hydroxyl groups is 4. The number of cyclic esters (lactones) is 1. The molecule has 1 unspecified atom stereocenters. The fraction of sp³-hybridized carbons (Fsp3) is 0.778. The maximum atomic E-state index is 13.2. The lowest BCUT2D eigenvalue weighted by Gasteiger charge is -2.37. The maximum absolute atomic E-state index is 13.2. The molecule has 1 amide bonds. The molecule has 0 aromatic heterocycles. The van der Waals surface area contributed by atoms with E-state index in [4.69, 9.17) is 14.2 Å². The van der Waals surface area contributed by atoms with Gasteiger partial charge in [-0.1, -0.05) is 45.1 Å². The molecule has 0 saturated carbocycles. The number of allylic oxidation sites excluding steroid dienone is 2. The van der Waals surface area contributed by atoms with Crippen LogP contribution in [-0.2, 0) is 19.0 Å². The van der Waals surface area contributed by atoms with Gasteiger partial charge >= 0.3 is 12.1 Å². The van der Waals surface area contributed by atoms with Gasteiger partial charge < -0.3 is 44.9 Å². The third-order valence-electron chi connectivity index (χ3n) is 9.90. The summed E-state index contributed by atoms with van der Waals surface area (Å²) in [4.78, 5) is 30.0. The molecule has 3 aliphatic heterocycles. The molecule has 10 atom stereocenters. The molecule has 0 aromatic rings. The average molecular weight is 680 g/mol. The third kappa shape index (κ3) is 12.2. The predicted octanol–water partition coefficient (Wildman–Crippen LogP) is 2.55. The highest BCUT2D eigenvalue weighted by molar-refractivity contribution is 5.70. The Morgan fingerprint density at radius 2 is 1.96 bits per heavy atom. The van der Waals surface area contributed by atoms with E-state index in [9.17, 15) is 30.0 Å². The summed E-state index contributed by atoms with van der Waals surface area (Å²) in [6.07, 6.45) is 5.68. The Hall–Kier alpha value is -2.32. The topological polar surface area (TPSA) is 165 Å². The van der Waals surface area contributed by atoms with Crippen molar-refractivity contribution in [3.63, 3.8) is 0 Å². The molecule has 0 spiro atoms. The molecule has 12 heteroatoms. The molecular weight excluding hydrogens is 618 g/mol. The van der Waals surface area contributed by atoms with Crippen molar-refractivity contribution in [3.05, 3.63) is 36.0 Å². The molecule has 5 N–H and O–H groups in total. The van der Waals surface area contributed by atoms with Crippen LogP contribution in [0.3, 0.4) is 0 Å². The normalized spacial score (nSPS) is 34.4. The Morgan fingerprint density at radius 3 is 2.60 bits per heavy atom. The summed E-state index contributed by atoms with van der Waals surface area (Å²) in [5, 5.41) is 46.3. The van der Waals surface area contributed by atoms with Crippen molar-refractivity contribution < 1.29 is 44.2 Å². The van der Waals surface area contributed by atoms with E-state index in [0.29, 0.717) is 31.5 Å². The summed E-state index contributed by atoms with van der Waals surface area (Å²) >= 11 is 0. The van der Waals surface area contributed by atoms with Crippen molar-refractivity contribution in [3.8, 4) is 0 Å². The number of nitrogens with zero attached hydrogens (tertiary/aromatic N) is 2. The fourth-order valence-electron chi connectivity index (χ4n) is 6.41. The maximum Gasteiger partial charge on any atom is 0.410 e. The standard InChI is InChI=1S/C36H61N3O9/c1-8-28(41)26(4)33-29(46-33)23-35(5,44)14-9-10-24(2)32-25(3)11-12-30(36(6,45)15-13-27(40)22-31(42)48-32)47-34(43)39-20-18-38(19-21-39)17-16-37-7/h9-12,14,25-30,32-33,37,40-41,44-45H,8,13,15-23H2,1-7H3/b12-11+,14-9+,24-10+/t25-,26+,27+,28-,29+,30-,32+,33+,35?,36+/m0/s1. The summed E-state index contributed by atoms with van der Waals surface area (Å²) in [6.45, 7) is 15.1. The van der Waals surface area contributed by atoms with Gasteiger partial charge in [-0.25, -0.2) is 4.79 Å². The number of piperazine rings is 1. The highest BCUT2D eigenvalue weighted by Crippen LogP contribution is 2.37. The van der Waals surface area contributed by atoms with Gasteiger partial charge in [0.25, 0.3) is 0 Å². The molecule has 274 valence electrons. The number of likely N-dealkylation sites (N-methyl/N-ethyl adjacent to an activating group) is 1. The highest BCUT2D eigenvalue weighted by atomic mass is 16.6. The van der Waals surface area contributed by atoms with Gasteiger partial charge in [0, 0.05) is 57.5 Å². The number of carbonyl (C=O) groups excluding carboxylic acids is 2. The second kappa shape index (κ2) is 18.1. The number of epoxide rings is 1. The minimum absolute atomic E-state index is 0.0124. The quantitative estimate of drug-likeness (QED) is 0.0892. The minimum Gasteiger partial charge on any atom is -0.457 e. The van der Waals surface area contributed by atoms with Crippen molar-refractivity contribution in [2.45, 2.75) is 121 Å². The van der Waals surface area contributed by atoms with Crippen LogP contribution < -0.4 is 5.32 Å². The van der Waals surface area contributed by atoms with Crippen LogP contribution >= 0.6 is 0 Å². The largest absolute Gasteiger partial charge is 0.457 e. The van der Waals surface area contributed by atoms with Gasteiger partial charge in [0.15, 0.2) is 6.10 Å². The predicted molar refractivity (Wildman–Crippen MR) is 183 cm³/mol. The summed E-state index contributed by atoms with van der Waals surface area (Å²) < 4.78 is 17.5. The van der Waals surface area contributed by atoms with E-state index >= 15 is 0 Å². The smallest absolute Gasteiger partial charge is 0.410 e. The summed E-state index contributed by atoms with van der Waals surface area (Å²) in [5.74, 6) is -0.953. The van der Waals surface area contributed by atoms with E-state index in [-0.39, 0.29) is 43.3 Å². The molecule has 0 bridgehead atoms. The zero-order valence-corrected chi connectivity index (χ0v) is 30.0. The highest BCUT2D eigenvalue weighted by Gasteiger charge is 2.47. The monoisotopic (exact) mass is 679 g/mol. The van der Waals surface area contributed by atoms with Crippen molar-refractivity contribution in [2.24, 2.45) is 11.8 Å². The first-order chi connectivity index (χ1) is 22.6. The number of nitrogens with one attached hydrogen (secondary N) is 1. The molecule has 0 aromatic carbocycles. The molecule has 2 fully saturated rings. The van der Waals surface area contributed by atoms with Crippen LogP contribution in [0, 0.1) is 11.8 Å². The molecular formula is C36H61N3O9. The Balaban J connectivity index is 1.72. The number of hydrogen-bond acceptors (Lipinski definition) is 11. The molecule has 0 aliphatic carbocycles. The van der Waals surface area contributed by atoms with Crippen LogP contribution in [0.25, 0.3) is 0 Å². The third-order valence-corrected chi connectivity index (χ3v) is 9.90. The first-order valence-electron chi connectivity index (χ1n) is 17.6. The van der Waals surface area contributed by atoms with Gasteiger partial charge in [-0.2, -0.15) is 0 Å². The number of rotatable bonds is 12. The number of ether oxygens (including phenoxy) is 3. The summed E-state index contributed by atoms with van der Waals surface area (Å²) in [7, 11) is 1.91. The first kappa shape index (κ1) is 40.1. The molecule has 0 radical (unpaired) electrons. The summed E-state index contributed by atoms with van der Waals surface area (Å²) in [5.41, 5.74) is -1.94. The average Bonchev–Trinajstić information content (AvgIpc) is 3.80. The molecule has 48 heavy (non-hydrogen) atoms. The van der Waals surface area contributed by atoms with Gasteiger partial charge in [0.1, 0.15) is 11.7 Å².